The van der Waals surface area contributed by atoms with Crippen LogP contribution < -0.4 is 19.1 Å². The second kappa shape index (κ2) is 8.38. The van der Waals surface area contributed by atoms with Gasteiger partial charge in [0.2, 0.25) is 17.7 Å². The normalized spacial score (nSPS) is 21.2. The first-order valence-corrected chi connectivity index (χ1v) is 10.2. The molecule has 0 bridgehead atoms. The molecule has 1 atom stereocenters. The number of carbonyl (C=O) groups excluding carboxylic acids is 1. The van der Waals surface area contributed by atoms with Gasteiger partial charge in [-0.15, -0.1) is 0 Å². The van der Waals surface area contributed by atoms with Crippen LogP contribution in [-0.2, 0) is 11.3 Å². The summed E-state index contributed by atoms with van der Waals surface area (Å²) in [6, 6.07) is 7.51. The van der Waals surface area contributed by atoms with Gasteiger partial charge in [0.1, 0.15) is 0 Å². The Morgan fingerprint density at radius 2 is 1.93 bits per heavy atom. The van der Waals surface area contributed by atoms with Gasteiger partial charge < -0.3 is 24.0 Å². The van der Waals surface area contributed by atoms with Crippen LogP contribution in [0.25, 0.3) is 0 Å². The lowest BCUT2D eigenvalue weighted by Gasteiger charge is -2.39. The predicted octanol–water partition coefficient (Wildman–Crippen LogP) is 2.52. The molecule has 2 aromatic rings. The Bertz CT molecular complexity index is 922. The van der Waals surface area contributed by atoms with E-state index in [2.05, 4.69) is 14.9 Å². The fourth-order valence-corrected chi connectivity index (χ4v) is 4.61. The summed E-state index contributed by atoms with van der Waals surface area (Å²) in [5.74, 6) is 2.71. The predicted molar refractivity (Wildman–Crippen MR) is 112 cm³/mol. The van der Waals surface area contributed by atoms with E-state index in [0.29, 0.717) is 36.4 Å². The standard InChI is InChI=1S/C22H28N4O4/c1-28-17-7-4-6-16(19(17)30-3)14-25-12-5-9-22(20(25)27)10-13-26(15-22)21-23-11-8-18(24-21)29-2/h4,6-8,11H,5,9-10,12-15H2,1-3H3. The molecule has 1 aromatic heterocycles. The van der Waals surface area contributed by atoms with Gasteiger partial charge in [-0.1, -0.05) is 12.1 Å². The van der Waals surface area contributed by atoms with Gasteiger partial charge in [-0.25, -0.2) is 4.98 Å². The number of methoxy groups -OCH3 is 3. The Hall–Kier alpha value is -3.03. The second-order valence-electron chi connectivity index (χ2n) is 7.83. The summed E-state index contributed by atoms with van der Waals surface area (Å²) in [6.45, 7) is 2.65. The number of ether oxygens (including phenoxy) is 3. The fourth-order valence-electron chi connectivity index (χ4n) is 4.61. The van der Waals surface area contributed by atoms with Crippen LogP contribution in [0, 0.1) is 5.41 Å². The Balaban J connectivity index is 1.53. The molecule has 0 saturated carbocycles. The van der Waals surface area contributed by atoms with Crippen molar-refractivity contribution in [2.75, 3.05) is 45.9 Å². The number of aromatic nitrogens is 2. The molecule has 2 fully saturated rings. The van der Waals surface area contributed by atoms with Crippen molar-refractivity contribution in [1.29, 1.82) is 0 Å². The maximum Gasteiger partial charge on any atom is 0.230 e. The third kappa shape index (κ3) is 3.62. The first kappa shape index (κ1) is 20.3. The lowest BCUT2D eigenvalue weighted by atomic mass is 9.78. The van der Waals surface area contributed by atoms with Crippen molar-refractivity contribution in [3.8, 4) is 17.4 Å². The summed E-state index contributed by atoms with van der Waals surface area (Å²) in [6.07, 6.45) is 4.36. The van der Waals surface area contributed by atoms with E-state index in [-0.39, 0.29) is 5.91 Å². The number of rotatable bonds is 6. The highest BCUT2D eigenvalue weighted by molar-refractivity contribution is 5.85. The number of piperidine rings is 1. The molecule has 160 valence electrons. The highest BCUT2D eigenvalue weighted by Crippen LogP contribution is 2.42. The van der Waals surface area contributed by atoms with Crippen molar-refractivity contribution in [3.05, 3.63) is 36.0 Å². The van der Waals surface area contributed by atoms with Gasteiger partial charge in [-0.05, 0) is 25.3 Å². The largest absolute Gasteiger partial charge is 0.493 e. The number of hydrogen-bond acceptors (Lipinski definition) is 7. The number of likely N-dealkylation sites (tertiary alicyclic amines) is 1. The van der Waals surface area contributed by atoms with Crippen LogP contribution in [0.5, 0.6) is 17.4 Å². The summed E-state index contributed by atoms with van der Waals surface area (Å²) in [4.78, 5) is 26.4. The van der Waals surface area contributed by atoms with E-state index in [9.17, 15) is 4.79 Å². The molecule has 4 rings (SSSR count). The highest BCUT2D eigenvalue weighted by Gasteiger charge is 2.49. The van der Waals surface area contributed by atoms with Crippen molar-refractivity contribution in [2.45, 2.75) is 25.8 Å². The minimum Gasteiger partial charge on any atom is -0.493 e. The molecular weight excluding hydrogens is 384 g/mol. The Morgan fingerprint density at radius 1 is 1.07 bits per heavy atom. The number of amides is 1. The summed E-state index contributed by atoms with van der Waals surface area (Å²) in [7, 11) is 4.84. The van der Waals surface area contributed by atoms with Crippen molar-refractivity contribution in [2.24, 2.45) is 5.41 Å². The summed E-state index contributed by atoms with van der Waals surface area (Å²) in [5.41, 5.74) is 0.560. The fraction of sp³-hybridized carbons (Fsp3) is 0.500. The maximum absolute atomic E-state index is 13.6. The molecule has 1 spiro atoms. The molecule has 3 heterocycles. The Labute approximate surface area is 176 Å². The summed E-state index contributed by atoms with van der Waals surface area (Å²) < 4.78 is 16.2. The second-order valence-corrected chi connectivity index (χ2v) is 7.83. The number of anilines is 1. The van der Waals surface area contributed by atoms with Gasteiger partial charge in [0, 0.05) is 44.0 Å². The molecule has 2 aliphatic rings. The molecule has 0 radical (unpaired) electrons. The van der Waals surface area contributed by atoms with Gasteiger partial charge in [-0.2, -0.15) is 4.98 Å². The van der Waals surface area contributed by atoms with E-state index in [1.165, 1.54) is 0 Å². The molecule has 1 aromatic carbocycles. The average molecular weight is 412 g/mol. The van der Waals surface area contributed by atoms with Crippen molar-refractivity contribution in [3.63, 3.8) is 0 Å². The number of benzene rings is 1. The number of para-hydroxylation sites is 1. The topological polar surface area (TPSA) is 77.0 Å². The van der Waals surface area contributed by atoms with Gasteiger partial charge in [0.05, 0.1) is 26.7 Å². The van der Waals surface area contributed by atoms with Gasteiger partial charge in [0.15, 0.2) is 11.5 Å². The molecule has 1 unspecified atom stereocenters. The molecule has 30 heavy (non-hydrogen) atoms. The Kier molecular flexibility index (Phi) is 5.65. The van der Waals surface area contributed by atoms with Gasteiger partial charge >= 0.3 is 0 Å². The molecule has 0 aliphatic carbocycles. The average Bonchev–Trinajstić information content (AvgIpc) is 3.22. The van der Waals surface area contributed by atoms with Gasteiger partial charge in [0.25, 0.3) is 0 Å². The molecular formula is C22H28N4O4. The van der Waals surface area contributed by atoms with Crippen LogP contribution in [-0.4, -0.2) is 61.7 Å². The van der Waals surface area contributed by atoms with Crippen LogP contribution in [0.3, 0.4) is 0 Å². The summed E-state index contributed by atoms with van der Waals surface area (Å²) >= 11 is 0. The number of hydrogen-bond donors (Lipinski definition) is 0. The maximum atomic E-state index is 13.6. The highest BCUT2D eigenvalue weighted by atomic mass is 16.5. The molecule has 0 N–H and O–H groups in total. The van der Waals surface area contributed by atoms with Crippen molar-refractivity contribution in [1.82, 2.24) is 14.9 Å². The molecule has 2 aliphatic heterocycles. The first-order chi connectivity index (χ1) is 14.6. The van der Waals surface area contributed by atoms with E-state index < -0.39 is 5.41 Å². The van der Waals surface area contributed by atoms with E-state index >= 15 is 0 Å². The monoisotopic (exact) mass is 412 g/mol. The van der Waals surface area contributed by atoms with Crippen molar-refractivity contribution < 1.29 is 19.0 Å². The third-order valence-corrected chi connectivity index (χ3v) is 6.13. The van der Waals surface area contributed by atoms with Crippen LogP contribution in [0.2, 0.25) is 0 Å². The Morgan fingerprint density at radius 3 is 2.70 bits per heavy atom. The zero-order valence-corrected chi connectivity index (χ0v) is 17.8. The zero-order valence-electron chi connectivity index (χ0n) is 17.8. The van der Waals surface area contributed by atoms with Gasteiger partial charge in [-0.3, -0.25) is 4.79 Å². The first-order valence-electron chi connectivity index (χ1n) is 10.2. The smallest absolute Gasteiger partial charge is 0.230 e. The van der Waals surface area contributed by atoms with Crippen LogP contribution in [0.1, 0.15) is 24.8 Å². The summed E-state index contributed by atoms with van der Waals surface area (Å²) in [5, 5.41) is 0. The van der Waals surface area contributed by atoms with E-state index in [1.807, 2.05) is 23.1 Å². The minimum absolute atomic E-state index is 0.198. The molecule has 8 heteroatoms. The molecule has 8 nitrogen and oxygen atoms in total. The van der Waals surface area contributed by atoms with Crippen LogP contribution in [0.15, 0.2) is 30.5 Å². The molecule has 2 saturated heterocycles. The minimum atomic E-state index is -0.392. The SMILES string of the molecule is COc1ccnc(N2CCC3(CCCN(Cc4cccc(OC)c4OC)C3=O)C2)n1. The van der Waals surface area contributed by atoms with Crippen molar-refractivity contribution >= 4 is 11.9 Å². The zero-order chi connectivity index (χ0) is 21.1. The van der Waals surface area contributed by atoms with E-state index in [0.717, 1.165) is 37.9 Å². The lowest BCUT2D eigenvalue weighted by molar-refractivity contribution is -0.145. The third-order valence-electron chi connectivity index (χ3n) is 6.13. The van der Waals surface area contributed by atoms with E-state index in [4.69, 9.17) is 14.2 Å². The lowest BCUT2D eigenvalue weighted by Crippen LogP contribution is -2.49. The number of nitrogens with zero attached hydrogens (tertiary/aromatic N) is 4. The quantitative estimate of drug-likeness (QED) is 0.721. The van der Waals surface area contributed by atoms with E-state index in [1.54, 1.807) is 33.6 Å². The van der Waals surface area contributed by atoms with Crippen LogP contribution in [0.4, 0.5) is 5.95 Å². The van der Waals surface area contributed by atoms with Crippen LogP contribution >= 0.6 is 0 Å². The number of carbonyl (C=O) groups is 1. The molecule has 1 amide bonds.